The van der Waals surface area contributed by atoms with E-state index in [-0.39, 0.29) is 0 Å². The summed E-state index contributed by atoms with van der Waals surface area (Å²) in [5.41, 5.74) is 5.13. The summed E-state index contributed by atoms with van der Waals surface area (Å²) >= 11 is 0. The highest BCUT2D eigenvalue weighted by atomic mass is 16.4. The zero-order chi connectivity index (χ0) is 13.4. The molecule has 3 N–H and O–H groups in total. The Balaban J connectivity index is 2.29. The van der Waals surface area contributed by atoms with Crippen LogP contribution in [0.4, 0.5) is 0 Å². The van der Waals surface area contributed by atoms with Crippen LogP contribution in [-0.4, -0.2) is 17.6 Å². The predicted octanol–water partition coefficient (Wildman–Crippen LogP) is 3.57. The van der Waals surface area contributed by atoms with Crippen molar-refractivity contribution in [2.24, 2.45) is 17.1 Å². The molecule has 1 aliphatic carbocycles. The van der Waals surface area contributed by atoms with E-state index in [9.17, 15) is 9.90 Å². The van der Waals surface area contributed by atoms with Gasteiger partial charge in [0.15, 0.2) is 0 Å². The molecule has 1 atom stereocenters. The molecule has 0 amide bonds. The van der Waals surface area contributed by atoms with Gasteiger partial charge in [0, 0.05) is 6.54 Å². The van der Waals surface area contributed by atoms with E-state index in [2.05, 4.69) is 6.92 Å². The van der Waals surface area contributed by atoms with Crippen molar-refractivity contribution >= 4 is 5.97 Å². The van der Waals surface area contributed by atoms with Crippen LogP contribution in [0.25, 0.3) is 0 Å². The van der Waals surface area contributed by atoms with Gasteiger partial charge in [0.1, 0.15) is 0 Å². The van der Waals surface area contributed by atoms with E-state index in [0.717, 1.165) is 25.7 Å². The van der Waals surface area contributed by atoms with Gasteiger partial charge >= 0.3 is 5.97 Å². The molecule has 0 aliphatic heterocycles. The van der Waals surface area contributed by atoms with E-state index < -0.39 is 11.4 Å². The first-order chi connectivity index (χ1) is 8.64. The third-order valence-electron chi connectivity index (χ3n) is 4.23. The molecule has 18 heavy (non-hydrogen) atoms. The average molecular weight is 255 g/mol. The van der Waals surface area contributed by atoms with Gasteiger partial charge in [0.05, 0.1) is 5.41 Å². The van der Waals surface area contributed by atoms with Crippen LogP contribution >= 0.6 is 0 Å². The number of nitrogens with two attached hydrogens (primary N) is 1. The first kappa shape index (κ1) is 15.5. The number of unbranched alkanes of at least 4 members (excludes halogenated alkanes) is 5. The first-order valence-corrected chi connectivity index (χ1v) is 7.58. The Kier molecular flexibility index (Phi) is 6.69. The molecular weight excluding hydrogens is 226 g/mol. The van der Waals surface area contributed by atoms with E-state index in [1.165, 1.54) is 38.5 Å². The molecule has 1 unspecified atom stereocenters. The normalized spacial score (nSPS) is 18.6. The maximum Gasteiger partial charge on any atom is 0.310 e. The van der Waals surface area contributed by atoms with Gasteiger partial charge in [-0.25, -0.2) is 0 Å². The minimum absolute atomic E-state index is 0.299. The number of carboxylic acid groups (broad SMARTS) is 1. The quantitative estimate of drug-likeness (QED) is 0.555. The van der Waals surface area contributed by atoms with Crippen molar-refractivity contribution in [3.63, 3.8) is 0 Å². The molecule has 3 heteroatoms. The van der Waals surface area contributed by atoms with E-state index in [1.54, 1.807) is 0 Å². The third kappa shape index (κ3) is 4.97. The van der Waals surface area contributed by atoms with Crippen molar-refractivity contribution in [3.05, 3.63) is 0 Å². The lowest BCUT2D eigenvalue weighted by Crippen LogP contribution is -2.39. The molecule has 0 aromatic carbocycles. The van der Waals surface area contributed by atoms with Crippen molar-refractivity contribution in [2.75, 3.05) is 6.54 Å². The van der Waals surface area contributed by atoms with Crippen LogP contribution in [0.5, 0.6) is 0 Å². The summed E-state index contributed by atoms with van der Waals surface area (Å²) in [5.74, 6) is -0.0461. The third-order valence-corrected chi connectivity index (χ3v) is 4.23. The monoisotopic (exact) mass is 255 g/mol. The second-order valence-corrected chi connectivity index (χ2v) is 5.95. The highest BCUT2D eigenvalue weighted by Crippen LogP contribution is 2.42. The lowest BCUT2D eigenvalue weighted by Gasteiger charge is -2.28. The number of hydrogen-bond donors (Lipinski definition) is 2. The molecule has 0 aromatic rings. The van der Waals surface area contributed by atoms with E-state index in [1.807, 2.05) is 0 Å². The van der Waals surface area contributed by atoms with Gasteiger partial charge < -0.3 is 10.8 Å². The highest BCUT2D eigenvalue weighted by Gasteiger charge is 2.41. The van der Waals surface area contributed by atoms with Crippen molar-refractivity contribution in [1.29, 1.82) is 0 Å². The molecule has 0 aromatic heterocycles. The summed E-state index contributed by atoms with van der Waals surface area (Å²) in [5, 5.41) is 9.46. The Bertz CT molecular complexity index is 251. The molecule has 1 aliphatic rings. The van der Waals surface area contributed by atoms with Crippen LogP contribution in [0.3, 0.4) is 0 Å². The molecule has 1 fully saturated rings. The summed E-state index contributed by atoms with van der Waals surface area (Å²) in [6, 6.07) is 0. The molecule has 3 nitrogen and oxygen atoms in total. The van der Waals surface area contributed by atoms with Crippen LogP contribution in [0.1, 0.15) is 71.1 Å². The summed E-state index contributed by atoms with van der Waals surface area (Å²) in [4.78, 5) is 11.5. The van der Waals surface area contributed by atoms with Crippen LogP contribution in [0.15, 0.2) is 0 Å². The van der Waals surface area contributed by atoms with Gasteiger partial charge in [-0.15, -0.1) is 0 Å². The molecule has 1 saturated carbocycles. The average Bonchev–Trinajstić information content (AvgIpc) is 3.15. The molecule has 0 spiro atoms. The topological polar surface area (TPSA) is 63.3 Å². The summed E-state index contributed by atoms with van der Waals surface area (Å²) in [6.45, 7) is 2.51. The van der Waals surface area contributed by atoms with Gasteiger partial charge in [-0.2, -0.15) is 0 Å². The number of carbonyl (C=O) groups is 1. The number of hydrogen-bond acceptors (Lipinski definition) is 2. The lowest BCUT2D eigenvalue weighted by atomic mass is 9.78. The summed E-state index contributed by atoms with van der Waals surface area (Å²) in [6.07, 6.45) is 11.2. The number of rotatable bonds is 11. The molecular formula is C15H29NO2. The first-order valence-electron chi connectivity index (χ1n) is 7.58. The van der Waals surface area contributed by atoms with Crippen molar-refractivity contribution < 1.29 is 9.90 Å². The lowest BCUT2D eigenvalue weighted by molar-refractivity contribution is -0.149. The second-order valence-electron chi connectivity index (χ2n) is 5.95. The smallest absolute Gasteiger partial charge is 0.310 e. The van der Waals surface area contributed by atoms with Gasteiger partial charge in [0.2, 0.25) is 0 Å². The zero-order valence-electron chi connectivity index (χ0n) is 11.8. The SMILES string of the molecule is CCCCCCCCC(CN)(CC1CC1)C(=O)O. The van der Waals surface area contributed by atoms with Crippen molar-refractivity contribution in [1.82, 2.24) is 0 Å². The van der Waals surface area contributed by atoms with Crippen molar-refractivity contribution in [3.8, 4) is 0 Å². The van der Waals surface area contributed by atoms with Crippen molar-refractivity contribution in [2.45, 2.75) is 71.1 Å². The van der Waals surface area contributed by atoms with Crippen LogP contribution in [-0.2, 0) is 4.79 Å². The van der Waals surface area contributed by atoms with E-state index in [0.29, 0.717) is 12.5 Å². The standard InChI is InChI=1S/C15H29NO2/c1-2-3-4-5-6-7-10-15(12-16,14(17)18)11-13-8-9-13/h13H,2-12,16H2,1H3,(H,17,18). The fraction of sp³-hybridized carbons (Fsp3) is 0.933. The van der Waals surface area contributed by atoms with Gasteiger partial charge in [-0.1, -0.05) is 58.3 Å². The molecule has 106 valence electrons. The Morgan fingerprint density at radius 2 is 1.83 bits per heavy atom. The minimum Gasteiger partial charge on any atom is -0.481 e. The maximum atomic E-state index is 11.5. The molecule has 0 saturated heterocycles. The van der Waals surface area contributed by atoms with Crippen LogP contribution in [0.2, 0.25) is 0 Å². The summed E-state index contributed by atoms with van der Waals surface area (Å²) < 4.78 is 0. The van der Waals surface area contributed by atoms with Crippen LogP contribution in [0, 0.1) is 11.3 Å². The van der Waals surface area contributed by atoms with Gasteiger partial charge in [-0.05, 0) is 18.8 Å². The fourth-order valence-corrected chi connectivity index (χ4v) is 2.69. The highest BCUT2D eigenvalue weighted by molar-refractivity contribution is 5.75. The Morgan fingerprint density at radius 1 is 1.22 bits per heavy atom. The van der Waals surface area contributed by atoms with Crippen LogP contribution < -0.4 is 5.73 Å². The van der Waals surface area contributed by atoms with E-state index in [4.69, 9.17) is 5.73 Å². The number of carboxylic acids is 1. The number of aliphatic carboxylic acids is 1. The molecule has 1 rings (SSSR count). The summed E-state index contributed by atoms with van der Waals surface area (Å²) in [7, 11) is 0. The zero-order valence-corrected chi connectivity index (χ0v) is 11.8. The van der Waals surface area contributed by atoms with Gasteiger partial charge in [-0.3, -0.25) is 4.79 Å². The predicted molar refractivity (Wildman–Crippen MR) is 74.5 cm³/mol. The largest absolute Gasteiger partial charge is 0.481 e. The fourth-order valence-electron chi connectivity index (χ4n) is 2.69. The molecule has 0 heterocycles. The van der Waals surface area contributed by atoms with E-state index >= 15 is 0 Å². The minimum atomic E-state index is -0.676. The Labute approximate surface area is 111 Å². The molecule has 0 radical (unpaired) electrons. The Morgan fingerprint density at radius 3 is 2.33 bits per heavy atom. The van der Waals surface area contributed by atoms with Gasteiger partial charge in [0.25, 0.3) is 0 Å². The molecule has 0 bridgehead atoms. The Hall–Kier alpha value is -0.570. The second kappa shape index (κ2) is 7.78. The maximum absolute atomic E-state index is 11.5.